The number of aliphatic hydroxyl groups is 1. The number of nitrogens with one attached hydrogen (secondary N) is 4. The highest BCUT2D eigenvalue weighted by molar-refractivity contribution is 6.04. The quantitative estimate of drug-likeness (QED) is 0.313. The molecule has 32 heavy (non-hydrogen) atoms. The normalized spacial score (nSPS) is 13.3. The Labute approximate surface area is 184 Å². The lowest BCUT2D eigenvalue weighted by Gasteiger charge is -2.22. The van der Waals surface area contributed by atoms with Gasteiger partial charge in [-0.05, 0) is 38.5 Å². The van der Waals surface area contributed by atoms with E-state index in [9.17, 15) is 32.7 Å². The molecule has 1 rings (SSSR count). The summed E-state index contributed by atoms with van der Waals surface area (Å²) in [6.45, 7) is 4.62. The van der Waals surface area contributed by atoms with Crippen molar-refractivity contribution in [3.63, 3.8) is 0 Å². The molecule has 0 aromatic heterocycles. The summed E-state index contributed by atoms with van der Waals surface area (Å²) < 4.78 is 39.3. The highest BCUT2D eigenvalue weighted by Crippen LogP contribution is 2.32. The SMILES string of the molecule is CCC[C@H](O)[C@H](CN)NC(=O)CNC(=O)c1cc(C(F)(F)F)ccc1NC(=O)NC(C)C. The monoisotopic (exact) mass is 461 g/mol. The van der Waals surface area contributed by atoms with E-state index in [1.165, 1.54) is 0 Å². The van der Waals surface area contributed by atoms with Gasteiger partial charge in [-0.15, -0.1) is 0 Å². The molecular weight excluding hydrogens is 431 g/mol. The molecule has 0 saturated carbocycles. The Hall–Kier alpha value is -2.86. The molecule has 4 amide bonds. The standard InChI is InChI=1S/C20H30F3N5O4/c1-4-5-16(29)15(9-24)27-17(30)10-25-18(31)13-8-12(20(21,22)23)6-7-14(13)28-19(32)26-11(2)3/h6-8,11,15-16,29H,4-5,9-10,24H2,1-3H3,(H,25,31)(H,27,30)(H2,26,28,32)/t15-,16-/m0/s1. The number of alkyl halides is 3. The molecule has 0 aliphatic carbocycles. The number of anilines is 1. The molecule has 0 heterocycles. The summed E-state index contributed by atoms with van der Waals surface area (Å²) in [5, 5.41) is 19.5. The van der Waals surface area contributed by atoms with E-state index in [1.54, 1.807) is 13.8 Å². The van der Waals surface area contributed by atoms with Gasteiger partial charge < -0.3 is 32.1 Å². The minimum Gasteiger partial charge on any atom is -0.391 e. The van der Waals surface area contributed by atoms with Gasteiger partial charge in [-0.25, -0.2) is 4.79 Å². The number of aliphatic hydroxyl groups excluding tert-OH is 1. The third-order valence-electron chi connectivity index (χ3n) is 4.32. The summed E-state index contributed by atoms with van der Waals surface area (Å²) in [5.74, 6) is -1.67. The molecule has 1 aromatic carbocycles. The first-order valence-electron chi connectivity index (χ1n) is 10.1. The van der Waals surface area contributed by atoms with Crippen LogP contribution in [0.15, 0.2) is 18.2 Å². The van der Waals surface area contributed by atoms with Crippen LogP contribution in [0.2, 0.25) is 0 Å². The molecule has 0 fully saturated rings. The average molecular weight is 461 g/mol. The highest BCUT2D eigenvalue weighted by atomic mass is 19.4. The molecule has 12 heteroatoms. The number of benzene rings is 1. The van der Waals surface area contributed by atoms with Crippen LogP contribution in [0, 0.1) is 0 Å². The van der Waals surface area contributed by atoms with Gasteiger partial charge in [0.25, 0.3) is 5.91 Å². The molecule has 0 aliphatic rings. The Morgan fingerprint density at radius 1 is 1.16 bits per heavy atom. The molecule has 7 N–H and O–H groups in total. The average Bonchev–Trinajstić information content (AvgIpc) is 2.69. The molecule has 0 bridgehead atoms. The minimum absolute atomic E-state index is 0.0342. The zero-order valence-corrected chi connectivity index (χ0v) is 18.2. The second-order valence-corrected chi connectivity index (χ2v) is 7.46. The topological polar surface area (TPSA) is 146 Å². The van der Waals surface area contributed by atoms with Gasteiger partial charge in [0.15, 0.2) is 0 Å². The molecule has 2 atom stereocenters. The van der Waals surface area contributed by atoms with Crippen LogP contribution in [-0.2, 0) is 11.0 Å². The van der Waals surface area contributed by atoms with Crippen molar-refractivity contribution in [2.24, 2.45) is 5.73 Å². The van der Waals surface area contributed by atoms with Crippen molar-refractivity contribution in [3.8, 4) is 0 Å². The van der Waals surface area contributed by atoms with Crippen molar-refractivity contribution in [2.75, 3.05) is 18.4 Å². The summed E-state index contributed by atoms with van der Waals surface area (Å²) in [7, 11) is 0. The van der Waals surface area contributed by atoms with E-state index < -0.39 is 53.8 Å². The van der Waals surface area contributed by atoms with Crippen molar-refractivity contribution < 1.29 is 32.7 Å². The molecule has 0 unspecified atom stereocenters. The highest BCUT2D eigenvalue weighted by Gasteiger charge is 2.32. The number of carbonyl (C=O) groups is 3. The zero-order valence-electron chi connectivity index (χ0n) is 18.2. The van der Waals surface area contributed by atoms with Crippen LogP contribution in [0.1, 0.15) is 49.5 Å². The van der Waals surface area contributed by atoms with Crippen LogP contribution in [-0.4, -0.2) is 54.2 Å². The van der Waals surface area contributed by atoms with Gasteiger partial charge in [0, 0.05) is 12.6 Å². The van der Waals surface area contributed by atoms with Crippen LogP contribution in [0.5, 0.6) is 0 Å². The van der Waals surface area contributed by atoms with Gasteiger partial charge in [0.2, 0.25) is 5.91 Å². The van der Waals surface area contributed by atoms with E-state index in [-0.39, 0.29) is 18.3 Å². The third kappa shape index (κ3) is 8.71. The van der Waals surface area contributed by atoms with E-state index in [0.29, 0.717) is 18.9 Å². The summed E-state index contributed by atoms with van der Waals surface area (Å²) in [4.78, 5) is 36.6. The fourth-order valence-electron chi connectivity index (χ4n) is 2.76. The summed E-state index contributed by atoms with van der Waals surface area (Å²) in [6.07, 6.45) is -4.51. The van der Waals surface area contributed by atoms with Crippen molar-refractivity contribution in [1.82, 2.24) is 16.0 Å². The number of halogens is 3. The Morgan fingerprint density at radius 2 is 1.81 bits per heavy atom. The first-order chi connectivity index (χ1) is 14.9. The molecule has 0 spiro atoms. The predicted octanol–water partition coefficient (Wildman–Crippen LogP) is 1.57. The fourth-order valence-corrected chi connectivity index (χ4v) is 2.76. The first kappa shape index (κ1) is 27.2. The molecule has 1 aromatic rings. The third-order valence-corrected chi connectivity index (χ3v) is 4.32. The Balaban J connectivity index is 2.96. The number of carbonyl (C=O) groups excluding carboxylic acids is 3. The van der Waals surface area contributed by atoms with Crippen molar-refractivity contribution in [2.45, 2.75) is 58.0 Å². The van der Waals surface area contributed by atoms with Gasteiger partial charge in [-0.3, -0.25) is 9.59 Å². The van der Waals surface area contributed by atoms with Crippen LogP contribution < -0.4 is 27.0 Å². The van der Waals surface area contributed by atoms with Crippen molar-refractivity contribution in [1.29, 1.82) is 0 Å². The van der Waals surface area contributed by atoms with E-state index in [4.69, 9.17) is 5.73 Å². The van der Waals surface area contributed by atoms with Crippen LogP contribution in [0.25, 0.3) is 0 Å². The van der Waals surface area contributed by atoms with E-state index >= 15 is 0 Å². The smallest absolute Gasteiger partial charge is 0.391 e. The molecular formula is C20H30F3N5O4. The summed E-state index contributed by atoms with van der Waals surface area (Å²) >= 11 is 0. The fraction of sp³-hybridized carbons (Fsp3) is 0.550. The van der Waals surface area contributed by atoms with Crippen LogP contribution in [0.3, 0.4) is 0 Å². The van der Waals surface area contributed by atoms with Gasteiger partial charge in [-0.1, -0.05) is 13.3 Å². The largest absolute Gasteiger partial charge is 0.416 e. The molecule has 9 nitrogen and oxygen atoms in total. The number of rotatable bonds is 10. The minimum atomic E-state index is -4.71. The maximum atomic E-state index is 13.1. The lowest BCUT2D eigenvalue weighted by atomic mass is 10.1. The van der Waals surface area contributed by atoms with Gasteiger partial charge >= 0.3 is 12.2 Å². The molecule has 180 valence electrons. The van der Waals surface area contributed by atoms with Crippen molar-refractivity contribution in [3.05, 3.63) is 29.3 Å². The number of amides is 4. The Kier molecular flexibility index (Phi) is 10.4. The maximum absolute atomic E-state index is 13.1. The van der Waals surface area contributed by atoms with E-state index in [2.05, 4.69) is 21.3 Å². The maximum Gasteiger partial charge on any atom is 0.416 e. The number of hydrogen-bond acceptors (Lipinski definition) is 5. The second kappa shape index (κ2) is 12.2. The van der Waals surface area contributed by atoms with Gasteiger partial charge in [-0.2, -0.15) is 13.2 Å². The first-order valence-corrected chi connectivity index (χ1v) is 10.1. The van der Waals surface area contributed by atoms with Gasteiger partial charge in [0.1, 0.15) is 0 Å². The van der Waals surface area contributed by atoms with E-state index in [1.807, 2.05) is 6.92 Å². The number of hydrogen-bond donors (Lipinski definition) is 6. The van der Waals surface area contributed by atoms with E-state index in [0.717, 1.165) is 12.1 Å². The molecule has 0 aliphatic heterocycles. The Bertz CT molecular complexity index is 802. The predicted molar refractivity (Wildman–Crippen MR) is 113 cm³/mol. The van der Waals surface area contributed by atoms with Crippen LogP contribution >= 0.6 is 0 Å². The summed E-state index contributed by atoms with van der Waals surface area (Å²) in [6, 6.07) is 0.598. The Morgan fingerprint density at radius 3 is 2.34 bits per heavy atom. The number of nitrogens with two attached hydrogens (primary N) is 1. The second-order valence-electron chi connectivity index (χ2n) is 7.46. The van der Waals surface area contributed by atoms with Crippen LogP contribution in [0.4, 0.5) is 23.7 Å². The molecule has 0 radical (unpaired) electrons. The lowest BCUT2D eigenvalue weighted by molar-refractivity contribution is -0.137. The van der Waals surface area contributed by atoms with Gasteiger partial charge in [0.05, 0.1) is 35.5 Å². The van der Waals surface area contributed by atoms with Crippen molar-refractivity contribution >= 4 is 23.5 Å². The number of urea groups is 1. The lowest BCUT2D eigenvalue weighted by Crippen LogP contribution is -2.50. The molecule has 0 saturated heterocycles. The summed E-state index contributed by atoms with van der Waals surface area (Å²) in [5.41, 5.74) is 3.83. The zero-order chi connectivity index (χ0) is 24.5.